The van der Waals surface area contributed by atoms with Crippen LogP contribution in [0, 0.1) is 11.3 Å². The Morgan fingerprint density at radius 3 is 3.05 bits per heavy atom. The van der Waals surface area contributed by atoms with E-state index in [1.807, 2.05) is 24.4 Å². The van der Waals surface area contributed by atoms with E-state index >= 15 is 0 Å². The molecule has 1 atom stereocenters. The second kappa shape index (κ2) is 6.30. The molecule has 0 saturated carbocycles. The fraction of sp³-hybridized carbons (Fsp3) is 0.471. The van der Waals surface area contributed by atoms with Crippen LogP contribution in [-0.4, -0.2) is 28.4 Å². The molecule has 0 spiro atoms. The van der Waals surface area contributed by atoms with Crippen LogP contribution in [0.1, 0.15) is 36.8 Å². The lowest BCUT2D eigenvalue weighted by atomic mass is 9.98. The molecule has 4 heteroatoms. The van der Waals surface area contributed by atoms with Crippen LogP contribution in [0.5, 0.6) is 0 Å². The second-order valence-electron chi connectivity index (χ2n) is 5.83. The molecule has 3 heterocycles. The average molecular weight is 282 g/mol. The fourth-order valence-electron chi connectivity index (χ4n) is 3.43. The van der Waals surface area contributed by atoms with Crippen molar-refractivity contribution in [3.8, 4) is 6.07 Å². The molecule has 2 N–H and O–H groups in total. The molecule has 1 fully saturated rings. The Hall–Kier alpha value is -1.83. The van der Waals surface area contributed by atoms with E-state index in [0.717, 1.165) is 42.7 Å². The van der Waals surface area contributed by atoms with Crippen LogP contribution in [-0.2, 0) is 6.54 Å². The number of nitrogens with two attached hydrogens (primary N) is 1. The van der Waals surface area contributed by atoms with Gasteiger partial charge in [0.2, 0.25) is 0 Å². The van der Waals surface area contributed by atoms with Crippen molar-refractivity contribution in [3.63, 3.8) is 0 Å². The number of nitrogens with zero attached hydrogens (tertiary/aromatic N) is 3. The summed E-state index contributed by atoms with van der Waals surface area (Å²) >= 11 is 0. The number of nitriles is 1. The molecule has 0 amide bonds. The van der Waals surface area contributed by atoms with Crippen LogP contribution in [0.3, 0.4) is 0 Å². The standard InChI is InChI=1S/C17H22N4/c18-8-7-15-5-1-3-9-20(15)12-14-13-21-10-4-2-6-17(21)16(14)11-19/h2,4,6,10,13,15H,1,3,5,7-9,12,18H2. The van der Waals surface area contributed by atoms with Gasteiger partial charge in [-0.25, -0.2) is 0 Å². The number of rotatable bonds is 4. The van der Waals surface area contributed by atoms with Gasteiger partial charge in [0.1, 0.15) is 6.07 Å². The number of pyridine rings is 1. The molecule has 1 aliphatic heterocycles. The molecule has 2 aromatic heterocycles. The van der Waals surface area contributed by atoms with Gasteiger partial charge in [-0.2, -0.15) is 5.26 Å². The topological polar surface area (TPSA) is 57.5 Å². The van der Waals surface area contributed by atoms with E-state index in [9.17, 15) is 5.26 Å². The summed E-state index contributed by atoms with van der Waals surface area (Å²) in [7, 11) is 0. The molecule has 2 aromatic rings. The Balaban J connectivity index is 1.88. The van der Waals surface area contributed by atoms with Gasteiger partial charge in [0.05, 0.1) is 11.1 Å². The van der Waals surface area contributed by atoms with Crippen LogP contribution in [0.2, 0.25) is 0 Å². The normalized spacial score (nSPS) is 19.7. The van der Waals surface area contributed by atoms with E-state index in [1.54, 1.807) is 0 Å². The summed E-state index contributed by atoms with van der Waals surface area (Å²) in [5.74, 6) is 0. The molecule has 3 rings (SSSR count). The lowest BCUT2D eigenvalue weighted by molar-refractivity contribution is 0.134. The molecule has 0 radical (unpaired) electrons. The first-order valence-electron chi connectivity index (χ1n) is 7.76. The molecular weight excluding hydrogens is 260 g/mol. The first-order valence-corrected chi connectivity index (χ1v) is 7.76. The maximum atomic E-state index is 9.50. The third kappa shape index (κ3) is 2.80. The van der Waals surface area contributed by atoms with E-state index in [1.165, 1.54) is 19.3 Å². The average Bonchev–Trinajstić information content (AvgIpc) is 2.86. The van der Waals surface area contributed by atoms with Crippen molar-refractivity contribution < 1.29 is 0 Å². The second-order valence-corrected chi connectivity index (χ2v) is 5.83. The molecule has 21 heavy (non-hydrogen) atoms. The highest BCUT2D eigenvalue weighted by atomic mass is 15.2. The predicted octanol–water partition coefficient (Wildman–Crippen LogP) is 2.51. The minimum absolute atomic E-state index is 0.568. The summed E-state index contributed by atoms with van der Waals surface area (Å²) in [6, 6.07) is 8.94. The molecule has 1 saturated heterocycles. The van der Waals surface area contributed by atoms with Crippen molar-refractivity contribution >= 4 is 5.52 Å². The Kier molecular flexibility index (Phi) is 4.23. The van der Waals surface area contributed by atoms with E-state index in [4.69, 9.17) is 5.73 Å². The summed E-state index contributed by atoms with van der Waals surface area (Å²) in [5, 5.41) is 9.50. The van der Waals surface area contributed by atoms with Crippen LogP contribution < -0.4 is 5.73 Å². The highest BCUT2D eigenvalue weighted by Gasteiger charge is 2.23. The van der Waals surface area contributed by atoms with Gasteiger partial charge in [0.25, 0.3) is 0 Å². The number of likely N-dealkylation sites (tertiary alicyclic amines) is 1. The van der Waals surface area contributed by atoms with Gasteiger partial charge in [-0.1, -0.05) is 12.5 Å². The van der Waals surface area contributed by atoms with E-state index in [2.05, 4.69) is 21.6 Å². The van der Waals surface area contributed by atoms with E-state index < -0.39 is 0 Å². The maximum absolute atomic E-state index is 9.50. The summed E-state index contributed by atoms with van der Waals surface area (Å²) in [6.07, 6.45) is 8.93. The van der Waals surface area contributed by atoms with Crippen LogP contribution in [0.25, 0.3) is 5.52 Å². The van der Waals surface area contributed by atoms with Crippen molar-refractivity contribution in [2.75, 3.05) is 13.1 Å². The molecule has 4 nitrogen and oxygen atoms in total. The highest BCUT2D eigenvalue weighted by Crippen LogP contribution is 2.25. The molecule has 0 aliphatic carbocycles. The van der Waals surface area contributed by atoms with Gasteiger partial charge in [0, 0.05) is 30.5 Å². The molecule has 110 valence electrons. The van der Waals surface area contributed by atoms with Crippen molar-refractivity contribution in [2.24, 2.45) is 5.73 Å². The smallest absolute Gasteiger partial charge is 0.102 e. The molecule has 1 aliphatic rings. The monoisotopic (exact) mass is 282 g/mol. The van der Waals surface area contributed by atoms with E-state index in [0.29, 0.717) is 6.04 Å². The quantitative estimate of drug-likeness (QED) is 0.937. The maximum Gasteiger partial charge on any atom is 0.102 e. The van der Waals surface area contributed by atoms with Crippen molar-refractivity contribution in [1.82, 2.24) is 9.30 Å². The highest BCUT2D eigenvalue weighted by molar-refractivity contribution is 5.65. The molecule has 1 unspecified atom stereocenters. The minimum atomic E-state index is 0.568. The van der Waals surface area contributed by atoms with Crippen LogP contribution >= 0.6 is 0 Å². The van der Waals surface area contributed by atoms with Crippen molar-refractivity contribution in [3.05, 3.63) is 41.7 Å². The zero-order valence-corrected chi connectivity index (χ0v) is 12.3. The van der Waals surface area contributed by atoms with Gasteiger partial charge < -0.3 is 10.1 Å². The minimum Gasteiger partial charge on any atom is -0.330 e. The third-order valence-corrected chi connectivity index (χ3v) is 4.50. The van der Waals surface area contributed by atoms with Gasteiger partial charge in [-0.05, 0) is 44.5 Å². The summed E-state index contributed by atoms with van der Waals surface area (Å²) in [5.41, 5.74) is 8.70. The van der Waals surface area contributed by atoms with Gasteiger partial charge >= 0.3 is 0 Å². The Bertz CT molecular complexity index is 650. The summed E-state index contributed by atoms with van der Waals surface area (Å²) < 4.78 is 2.05. The SMILES string of the molecule is N#Cc1c(CN2CCCCC2CCN)cn2ccccc12. The van der Waals surface area contributed by atoms with Crippen molar-refractivity contribution in [2.45, 2.75) is 38.3 Å². The van der Waals surface area contributed by atoms with Gasteiger partial charge in [-0.3, -0.25) is 4.90 Å². The predicted molar refractivity (Wildman–Crippen MR) is 83.8 cm³/mol. The number of piperidine rings is 1. The molecular formula is C17H22N4. The largest absolute Gasteiger partial charge is 0.330 e. The Morgan fingerprint density at radius 2 is 2.24 bits per heavy atom. The van der Waals surface area contributed by atoms with Gasteiger partial charge in [-0.15, -0.1) is 0 Å². The van der Waals surface area contributed by atoms with E-state index in [-0.39, 0.29) is 0 Å². The number of hydrogen-bond donors (Lipinski definition) is 1. The molecule has 0 bridgehead atoms. The van der Waals surface area contributed by atoms with Crippen LogP contribution in [0.15, 0.2) is 30.6 Å². The molecule has 0 aromatic carbocycles. The number of fused-ring (bicyclic) bond motifs is 1. The zero-order chi connectivity index (χ0) is 14.7. The summed E-state index contributed by atoms with van der Waals surface area (Å²) in [4.78, 5) is 2.51. The van der Waals surface area contributed by atoms with Crippen LogP contribution in [0.4, 0.5) is 0 Å². The number of hydrogen-bond acceptors (Lipinski definition) is 3. The Labute approximate surface area is 125 Å². The summed E-state index contributed by atoms with van der Waals surface area (Å²) in [6.45, 7) is 2.71. The lowest BCUT2D eigenvalue weighted by Crippen LogP contribution is -2.40. The number of aromatic nitrogens is 1. The Morgan fingerprint density at radius 1 is 1.33 bits per heavy atom. The first-order chi connectivity index (χ1) is 10.3. The van der Waals surface area contributed by atoms with Gasteiger partial charge in [0.15, 0.2) is 0 Å². The zero-order valence-electron chi connectivity index (χ0n) is 12.3. The third-order valence-electron chi connectivity index (χ3n) is 4.50. The first kappa shape index (κ1) is 14.1. The fourth-order valence-corrected chi connectivity index (χ4v) is 3.43. The lowest BCUT2D eigenvalue weighted by Gasteiger charge is -2.35. The van der Waals surface area contributed by atoms with Crippen molar-refractivity contribution in [1.29, 1.82) is 5.26 Å².